The maximum absolute atomic E-state index is 10.7. The van der Waals surface area contributed by atoms with Crippen molar-refractivity contribution in [3.8, 4) is 0 Å². The molecule has 1 N–H and O–H groups in total. The summed E-state index contributed by atoms with van der Waals surface area (Å²) in [6.07, 6.45) is 5.01. The Balaban J connectivity index is 2.25. The van der Waals surface area contributed by atoms with Gasteiger partial charge in [-0.25, -0.2) is 14.8 Å². The second-order valence-electron chi connectivity index (χ2n) is 3.10. The first kappa shape index (κ1) is 10.7. The van der Waals surface area contributed by atoms with Crippen LogP contribution < -0.4 is 0 Å². The van der Waals surface area contributed by atoms with Gasteiger partial charge in [0.2, 0.25) is 0 Å². The lowest BCUT2D eigenvalue weighted by molar-refractivity contribution is 0.0690. The number of carboxylic acid groups (broad SMARTS) is 1. The number of pyridine rings is 1. The summed E-state index contributed by atoms with van der Waals surface area (Å²) in [4.78, 5) is 19.4. The van der Waals surface area contributed by atoms with E-state index in [-0.39, 0.29) is 5.69 Å². The van der Waals surface area contributed by atoms with Gasteiger partial charge in [-0.1, -0.05) is 11.8 Å². The molecule has 2 aromatic rings. The number of imidazole rings is 1. The zero-order chi connectivity index (χ0) is 11.5. The Labute approximate surface area is 96.2 Å². The fourth-order valence-electron chi connectivity index (χ4n) is 1.15. The van der Waals surface area contributed by atoms with Gasteiger partial charge >= 0.3 is 5.97 Å². The first-order chi connectivity index (χ1) is 7.66. The molecule has 0 spiro atoms. The summed E-state index contributed by atoms with van der Waals surface area (Å²) in [5.41, 5.74) is 0.0409. The van der Waals surface area contributed by atoms with Gasteiger partial charge in [-0.2, -0.15) is 0 Å². The number of carbonyl (C=O) groups is 1. The van der Waals surface area contributed by atoms with Crippen molar-refractivity contribution in [3.05, 3.63) is 36.4 Å². The van der Waals surface area contributed by atoms with E-state index in [0.29, 0.717) is 0 Å². The number of aromatic nitrogens is 3. The summed E-state index contributed by atoms with van der Waals surface area (Å²) >= 11 is 1.40. The van der Waals surface area contributed by atoms with Crippen LogP contribution in [0.15, 0.2) is 40.8 Å². The van der Waals surface area contributed by atoms with Gasteiger partial charge in [0.05, 0.1) is 0 Å². The standard InChI is InChI=1S/C10H9N3O2S/c1-13-5-4-12-10(13)16-7-2-3-11-8(6-7)9(14)15/h2-6H,1H3,(H,14,15). The van der Waals surface area contributed by atoms with Gasteiger partial charge in [-0.05, 0) is 12.1 Å². The minimum Gasteiger partial charge on any atom is -0.477 e. The molecule has 0 aliphatic rings. The topological polar surface area (TPSA) is 68.0 Å². The number of hydrogen-bond acceptors (Lipinski definition) is 4. The Hall–Kier alpha value is -1.82. The van der Waals surface area contributed by atoms with E-state index in [1.165, 1.54) is 24.0 Å². The molecule has 0 radical (unpaired) electrons. The van der Waals surface area contributed by atoms with Gasteiger partial charge in [0.1, 0.15) is 5.69 Å². The Morgan fingerprint density at radius 3 is 2.88 bits per heavy atom. The van der Waals surface area contributed by atoms with Gasteiger partial charge < -0.3 is 9.67 Å². The molecule has 2 heterocycles. The number of aromatic carboxylic acids is 1. The first-order valence-electron chi connectivity index (χ1n) is 4.51. The van der Waals surface area contributed by atoms with Crippen LogP contribution in [0.4, 0.5) is 0 Å². The quantitative estimate of drug-likeness (QED) is 0.876. The summed E-state index contributed by atoms with van der Waals surface area (Å²) in [5.74, 6) is -1.03. The summed E-state index contributed by atoms with van der Waals surface area (Å²) < 4.78 is 1.87. The van der Waals surface area contributed by atoms with E-state index in [9.17, 15) is 4.79 Å². The summed E-state index contributed by atoms with van der Waals surface area (Å²) in [7, 11) is 1.88. The van der Waals surface area contributed by atoms with Crippen LogP contribution in [-0.2, 0) is 7.05 Å². The normalized spacial score (nSPS) is 10.3. The SMILES string of the molecule is Cn1ccnc1Sc1ccnc(C(=O)O)c1. The Bertz CT molecular complexity index is 524. The van der Waals surface area contributed by atoms with E-state index >= 15 is 0 Å². The van der Waals surface area contributed by atoms with Crippen LogP contribution in [0.25, 0.3) is 0 Å². The molecular formula is C10H9N3O2S. The third kappa shape index (κ3) is 2.22. The second-order valence-corrected chi connectivity index (χ2v) is 4.15. The highest BCUT2D eigenvalue weighted by Crippen LogP contribution is 2.25. The van der Waals surface area contributed by atoms with Gasteiger partial charge in [0.15, 0.2) is 5.16 Å². The molecule has 5 nitrogen and oxygen atoms in total. The number of hydrogen-bond donors (Lipinski definition) is 1. The maximum Gasteiger partial charge on any atom is 0.354 e. The van der Waals surface area contributed by atoms with Crippen molar-refractivity contribution in [3.63, 3.8) is 0 Å². The maximum atomic E-state index is 10.7. The van der Waals surface area contributed by atoms with Crippen LogP contribution in [0.3, 0.4) is 0 Å². The summed E-state index contributed by atoms with van der Waals surface area (Å²) in [5, 5.41) is 9.61. The predicted octanol–water partition coefficient (Wildman–Crippen LogP) is 1.66. The molecule has 0 amide bonds. The minimum absolute atomic E-state index is 0.0409. The molecule has 0 aliphatic carbocycles. The van der Waals surface area contributed by atoms with Gasteiger partial charge in [-0.15, -0.1) is 0 Å². The molecule has 16 heavy (non-hydrogen) atoms. The van der Waals surface area contributed by atoms with Crippen molar-refractivity contribution in [1.82, 2.24) is 14.5 Å². The van der Waals surface area contributed by atoms with E-state index in [2.05, 4.69) is 9.97 Å². The highest BCUT2D eigenvalue weighted by atomic mass is 32.2. The first-order valence-corrected chi connectivity index (χ1v) is 5.33. The number of nitrogens with zero attached hydrogens (tertiary/aromatic N) is 3. The largest absolute Gasteiger partial charge is 0.477 e. The lowest BCUT2D eigenvalue weighted by Crippen LogP contribution is -1.99. The number of carboxylic acids is 1. The molecule has 0 saturated heterocycles. The molecule has 82 valence electrons. The van der Waals surface area contributed by atoms with Gasteiger partial charge in [-0.3, -0.25) is 0 Å². The van der Waals surface area contributed by atoms with Crippen LogP contribution in [0.5, 0.6) is 0 Å². The molecule has 0 fully saturated rings. The van der Waals surface area contributed by atoms with Crippen LogP contribution in [-0.4, -0.2) is 25.6 Å². The van der Waals surface area contributed by atoms with E-state index in [1.54, 1.807) is 12.3 Å². The average Bonchev–Trinajstić information content (AvgIpc) is 2.65. The second kappa shape index (κ2) is 4.36. The fraction of sp³-hybridized carbons (Fsp3) is 0.100. The Morgan fingerprint density at radius 1 is 1.44 bits per heavy atom. The lowest BCUT2D eigenvalue weighted by Gasteiger charge is -2.01. The lowest BCUT2D eigenvalue weighted by atomic mass is 10.4. The highest BCUT2D eigenvalue weighted by molar-refractivity contribution is 7.99. The molecule has 6 heteroatoms. The molecule has 0 aliphatic heterocycles. The van der Waals surface area contributed by atoms with Crippen LogP contribution >= 0.6 is 11.8 Å². The molecule has 0 atom stereocenters. The van der Waals surface area contributed by atoms with Crippen molar-refractivity contribution in [2.24, 2.45) is 7.05 Å². The molecule has 0 bridgehead atoms. The molecule has 2 aromatic heterocycles. The van der Waals surface area contributed by atoms with E-state index < -0.39 is 5.97 Å². The van der Waals surface area contributed by atoms with Crippen LogP contribution in [0, 0.1) is 0 Å². The third-order valence-electron chi connectivity index (χ3n) is 1.94. The molecule has 0 aromatic carbocycles. The van der Waals surface area contributed by atoms with Crippen molar-refractivity contribution >= 4 is 17.7 Å². The Morgan fingerprint density at radius 2 is 2.25 bits per heavy atom. The van der Waals surface area contributed by atoms with Gasteiger partial charge in [0, 0.05) is 30.5 Å². The number of rotatable bonds is 3. The van der Waals surface area contributed by atoms with E-state index in [4.69, 9.17) is 5.11 Å². The van der Waals surface area contributed by atoms with Gasteiger partial charge in [0.25, 0.3) is 0 Å². The average molecular weight is 235 g/mol. The van der Waals surface area contributed by atoms with Crippen molar-refractivity contribution in [1.29, 1.82) is 0 Å². The van der Waals surface area contributed by atoms with Crippen LogP contribution in [0.1, 0.15) is 10.5 Å². The Kier molecular flexibility index (Phi) is 2.91. The van der Waals surface area contributed by atoms with Crippen molar-refractivity contribution in [2.45, 2.75) is 10.1 Å². The van der Waals surface area contributed by atoms with Crippen LogP contribution in [0.2, 0.25) is 0 Å². The zero-order valence-corrected chi connectivity index (χ0v) is 9.31. The van der Waals surface area contributed by atoms with E-state index in [0.717, 1.165) is 10.1 Å². The third-order valence-corrected chi connectivity index (χ3v) is 3.00. The fourth-order valence-corrected chi connectivity index (χ4v) is 1.98. The predicted molar refractivity (Wildman–Crippen MR) is 58.5 cm³/mol. The van der Waals surface area contributed by atoms with Crippen molar-refractivity contribution in [2.75, 3.05) is 0 Å². The summed E-state index contributed by atoms with van der Waals surface area (Å²) in [6, 6.07) is 3.29. The zero-order valence-electron chi connectivity index (χ0n) is 8.49. The number of aryl methyl sites for hydroxylation is 1. The van der Waals surface area contributed by atoms with Crippen molar-refractivity contribution < 1.29 is 9.90 Å². The smallest absolute Gasteiger partial charge is 0.354 e. The van der Waals surface area contributed by atoms with E-state index in [1.807, 2.05) is 17.8 Å². The molecule has 0 unspecified atom stereocenters. The molecule has 2 rings (SSSR count). The summed E-state index contributed by atoms with van der Waals surface area (Å²) in [6.45, 7) is 0. The monoisotopic (exact) mass is 235 g/mol. The molecule has 0 saturated carbocycles. The highest BCUT2D eigenvalue weighted by Gasteiger charge is 2.07. The minimum atomic E-state index is -1.03. The molecular weight excluding hydrogens is 226 g/mol.